The van der Waals surface area contributed by atoms with E-state index in [0.717, 1.165) is 25.7 Å². The van der Waals surface area contributed by atoms with Crippen LogP contribution in [0.15, 0.2) is 0 Å². The molecule has 0 N–H and O–H groups in total. The van der Waals surface area contributed by atoms with Crippen molar-refractivity contribution >= 4 is 5.97 Å². The number of unbranched alkanes of at least 4 members (excludes halogenated alkanes) is 1. The van der Waals surface area contributed by atoms with Gasteiger partial charge in [-0.1, -0.05) is 13.3 Å². The Bertz CT molecular complexity index is 164. The molecule has 0 heterocycles. The first kappa shape index (κ1) is 10.5. The van der Waals surface area contributed by atoms with E-state index in [4.69, 9.17) is 4.74 Å². The maximum atomic E-state index is 11.2. The Morgan fingerprint density at radius 1 is 1.54 bits per heavy atom. The lowest BCUT2D eigenvalue weighted by molar-refractivity contribution is -0.155. The number of methoxy groups -OCH3 is 1. The third-order valence-corrected chi connectivity index (χ3v) is 2.28. The predicted molar refractivity (Wildman–Crippen MR) is 49.4 cm³/mol. The number of carbonyl (C=O) groups excluding carboxylic acids is 1. The van der Waals surface area contributed by atoms with Crippen LogP contribution in [0.5, 0.6) is 0 Å². The molecule has 1 saturated carbocycles. The summed E-state index contributed by atoms with van der Waals surface area (Å²) >= 11 is 0. The second kappa shape index (κ2) is 5.22. The minimum absolute atomic E-state index is 0.210. The maximum Gasteiger partial charge on any atom is 0.335 e. The first-order chi connectivity index (χ1) is 6.29. The molecule has 76 valence electrons. The average Bonchev–Trinajstić information content (AvgIpc) is 2.95. The molecule has 0 radical (unpaired) electrons. The maximum absolute atomic E-state index is 11.2. The Kier molecular flexibility index (Phi) is 4.22. The summed E-state index contributed by atoms with van der Waals surface area (Å²) < 4.78 is 10.2. The topological polar surface area (TPSA) is 35.5 Å². The van der Waals surface area contributed by atoms with E-state index < -0.39 is 0 Å². The lowest BCUT2D eigenvalue weighted by atomic mass is 10.2. The SMILES string of the molecule is CCCCOC(C(=O)OC)C1CC1. The number of hydrogen-bond acceptors (Lipinski definition) is 3. The normalized spacial score (nSPS) is 18.3. The standard InChI is InChI=1S/C10H18O3/c1-3-4-7-13-9(8-5-6-8)10(11)12-2/h8-9H,3-7H2,1-2H3. The Labute approximate surface area is 79.4 Å². The first-order valence-electron chi connectivity index (χ1n) is 4.99. The second-order valence-corrected chi connectivity index (χ2v) is 3.51. The summed E-state index contributed by atoms with van der Waals surface area (Å²) in [6.07, 6.45) is 4.02. The summed E-state index contributed by atoms with van der Waals surface area (Å²) in [5.74, 6) is 0.211. The highest BCUT2D eigenvalue weighted by atomic mass is 16.6. The number of carbonyl (C=O) groups is 1. The fraction of sp³-hybridized carbons (Fsp3) is 0.900. The van der Waals surface area contributed by atoms with Gasteiger partial charge in [-0.05, 0) is 25.2 Å². The number of esters is 1. The molecule has 3 nitrogen and oxygen atoms in total. The van der Waals surface area contributed by atoms with E-state index in [9.17, 15) is 4.79 Å². The van der Waals surface area contributed by atoms with E-state index in [2.05, 4.69) is 11.7 Å². The highest BCUT2D eigenvalue weighted by Gasteiger charge is 2.37. The van der Waals surface area contributed by atoms with E-state index in [1.807, 2.05) is 0 Å². The van der Waals surface area contributed by atoms with E-state index in [0.29, 0.717) is 12.5 Å². The smallest absolute Gasteiger partial charge is 0.335 e. The minimum Gasteiger partial charge on any atom is -0.467 e. The summed E-state index contributed by atoms with van der Waals surface area (Å²) in [7, 11) is 1.42. The summed E-state index contributed by atoms with van der Waals surface area (Å²) in [4.78, 5) is 11.2. The van der Waals surface area contributed by atoms with Gasteiger partial charge in [0.15, 0.2) is 6.10 Å². The van der Waals surface area contributed by atoms with Crippen LogP contribution in [-0.4, -0.2) is 25.8 Å². The highest BCUT2D eigenvalue weighted by molar-refractivity contribution is 5.75. The zero-order chi connectivity index (χ0) is 9.68. The molecule has 0 amide bonds. The van der Waals surface area contributed by atoms with Crippen LogP contribution in [-0.2, 0) is 14.3 Å². The van der Waals surface area contributed by atoms with Crippen molar-refractivity contribution in [2.75, 3.05) is 13.7 Å². The molecule has 1 aliphatic carbocycles. The van der Waals surface area contributed by atoms with Crippen LogP contribution in [0, 0.1) is 5.92 Å². The largest absolute Gasteiger partial charge is 0.467 e. The third-order valence-electron chi connectivity index (χ3n) is 2.28. The minimum atomic E-state index is -0.295. The molecular weight excluding hydrogens is 168 g/mol. The molecule has 3 heteroatoms. The lowest BCUT2D eigenvalue weighted by Crippen LogP contribution is -2.28. The number of hydrogen-bond donors (Lipinski definition) is 0. The van der Waals surface area contributed by atoms with Gasteiger partial charge < -0.3 is 9.47 Å². The van der Waals surface area contributed by atoms with Crippen LogP contribution in [0.1, 0.15) is 32.6 Å². The van der Waals surface area contributed by atoms with Gasteiger partial charge in [0, 0.05) is 6.61 Å². The number of rotatable bonds is 6. The summed E-state index contributed by atoms with van der Waals surface area (Å²) in [6.45, 7) is 2.78. The quantitative estimate of drug-likeness (QED) is 0.468. The molecule has 0 saturated heterocycles. The van der Waals surface area contributed by atoms with Crippen LogP contribution >= 0.6 is 0 Å². The molecule has 1 fully saturated rings. The zero-order valence-corrected chi connectivity index (χ0v) is 8.41. The molecule has 1 atom stereocenters. The van der Waals surface area contributed by atoms with Crippen LogP contribution in [0.3, 0.4) is 0 Å². The molecule has 0 aliphatic heterocycles. The lowest BCUT2D eigenvalue weighted by Gasteiger charge is -2.14. The van der Waals surface area contributed by atoms with Crippen LogP contribution in [0.25, 0.3) is 0 Å². The Balaban J connectivity index is 2.25. The fourth-order valence-corrected chi connectivity index (χ4v) is 1.27. The monoisotopic (exact) mass is 186 g/mol. The van der Waals surface area contributed by atoms with E-state index in [1.54, 1.807) is 0 Å². The Morgan fingerprint density at radius 2 is 2.23 bits per heavy atom. The molecule has 0 aromatic carbocycles. The summed E-state index contributed by atoms with van der Waals surface area (Å²) in [5.41, 5.74) is 0. The van der Waals surface area contributed by atoms with E-state index >= 15 is 0 Å². The van der Waals surface area contributed by atoms with Crippen molar-refractivity contribution in [3.63, 3.8) is 0 Å². The van der Waals surface area contributed by atoms with Crippen molar-refractivity contribution in [3.8, 4) is 0 Å². The molecule has 0 aromatic rings. The van der Waals surface area contributed by atoms with Gasteiger partial charge in [0.2, 0.25) is 0 Å². The average molecular weight is 186 g/mol. The van der Waals surface area contributed by atoms with Crippen LogP contribution < -0.4 is 0 Å². The van der Waals surface area contributed by atoms with Crippen molar-refractivity contribution in [1.29, 1.82) is 0 Å². The number of ether oxygens (including phenoxy) is 2. The molecule has 0 aromatic heterocycles. The molecule has 1 aliphatic rings. The van der Waals surface area contributed by atoms with Gasteiger partial charge in [-0.15, -0.1) is 0 Å². The fourth-order valence-electron chi connectivity index (χ4n) is 1.27. The summed E-state index contributed by atoms with van der Waals surface area (Å²) in [6, 6.07) is 0. The highest BCUT2D eigenvalue weighted by Crippen LogP contribution is 2.34. The molecule has 13 heavy (non-hydrogen) atoms. The molecule has 0 spiro atoms. The van der Waals surface area contributed by atoms with Gasteiger partial charge in [-0.25, -0.2) is 4.79 Å². The molecule has 1 rings (SSSR count). The van der Waals surface area contributed by atoms with Gasteiger partial charge in [-0.2, -0.15) is 0 Å². The van der Waals surface area contributed by atoms with Gasteiger partial charge in [0.25, 0.3) is 0 Å². The Hall–Kier alpha value is -0.570. The van der Waals surface area contributed by atoms with Crippen molar-refractivity contribution < 1.29 is 14.3 Å². The van der Waals surface area contributed by atoms with E-state index in [1.165, 1.54) is 7.11 Å². The molecular formula is C10H18O3. The molecule has 0 bridgehead atoms. The van der Waals surface area contributed by atoms with Crippen LogP contribution in [0.4, 0.5) is 0 Å². The third kappa shape index (κ3) is 3.35. The zero-order valence-electron chi connectivity index (χ0n) is 8.41. The van der Waals surface area contributed by atoms with Gasteiger partial charge in [0.1, 0.15) is 0 Å². The Morgan fingerprint density at radius 3 is 2.69 bits per heavy atom. The van der Waals surface area contributed by atoms with Crippen molar-refractivity contribution in [2.45, 2.75) is 38.7 Å². The van der Waals surface area contributed by atoms with Crippen molar-refractivity contribution in [1.82, 2.24) is 0 Å². The van der Waals surface area contributed by atoms with Crippen molar-refractivity contribution in [2.24, 2.45) is 5.92 Å². The first-order valence-corrected chi connectivity index (χ1v) is 4.99. The van der Waals surface area contributed by atoms with Gasteiger partial charge >= 0.3 is 5.97 Å². The molecule has 1 unspecified atom stereocenters. The van der Waals surface area contributed by atoms with E-state index in [-0.39, 0.29) is 12.1 Å². The summed E-state index contributed by atoms with van der Waals surface area (Å²) in [5, 5.41) is 0. The van der Waals surface area contributed by atoms with Gasteiger partial charge in [0.05, 0.1) is 7.11 Å². The predicted octanol–water partition coefficient (Wildman–Crippen LogP) is 1.75. The van der Waals surface area contributed by atoms with Crippen LogP contribution in [0.2, 0.25) is 0 Å². The van der Waals surface area contributed by atoms with Crippen molar-refractivity contribution in [3.05, 3.63) is 0 Å². The second-order valence-electron chi connectivity index (χ2n) is 3.51. The van der Waals surface area contributed by atoms with Gasteiger partial charge in [-0.3, -0.25) is 0 Å².